The van der Waals surface area contributed by atoms with E-state index in [1.165, 1.54) is 16.4 Å². The average molecular weight is 344 g/mol. The number of ether oxygens (including phenoxy) is 2. The van der Waals surface area contributed by atoms with Crippen molar-refractivity contribution in [2.45, 2.75) is 32.6 Å². The molecule has 0 fully saturated rings. The summed E-state index contributed by atoms with van der Waals surface area (Å²) in [6.45, 7) is 8.26. The molecule has 8 heteroatoms. The normalized spacial score (nSPS) is 11.3. The molecule has 0 aliphatic rings. The molecule has 0 radical (unpaired) electrons. The maximum absolute atomic E-state index is 12.8. The number of sulfonamides is 1. The highest BCUT2D eigenvalue weighted by Crippen LogP contribution is 2.30. The van der Waals surface area contributed by atoms with Crippen LogP contribution in [0.2, 0.25) is 0 Å². The lowest BCUT2D eigenvalue weighted by atomic mass is 10.3. The Bertz CT molecular complexity index is 627. The van der Waals surface area contributed by atoms with Crippen LogP contribution in [0.15, 0.2) is 23.1 Å². The molecule has 0 spiro atoms. The van der Waals surface area contributed by atoms with Gasteiger partial charge in [0, 0.05) is 18.8 Å². The summed E-state index contributed by atoms with van der Waals surface area (Å²) in [7, 11) is -3.71. The van der Waals surface area contributed by atoms with Crippen LogP contribution in [0.1, 0.15) is 27.7 Å². The fourth-order valence-corrected chi connectivity index (χ4v) is 3.66. The van der Waals surface area contributed by atoms with Crippen LogP contribution < -0.4 is 10.1 Å². The topological polar surface area (TPSA) is 84.9 Å². The van der Waals surface area contributed by atoms with Crippen molar-refractivity contribution in [2.24, 2.45) is 0 Å². The number of amides is 1. The molecule has 1 aromatic carbocycles. The second-order valence-corrected chi connectivity index (χ2v) is 6.44. The van der Waals surface area contributed by atoms with Gasteiger partial charge in [-0.25, -0.2) is 13.2 Å². The highest BCUT2D eigenvalue weighted by molar-refractivity contribution is 7.89. The minimum Gasteiger partial charge on any atom is -0.492 e. The molecule has 0 bridgehead atoms. The first-order valence-corrected chi connectivity index (χ1v) is 9.05. The predicted octanol–water partition coefficient (Wildman–Crippen LogP) is 2.68. The van der Waals surface area contributed by atoms with Crippen molar-refractivity contribution in [2.75, 3.05) is 31.6 Å². The van der Waals surface area contributed by atoms with Gasteiger partial charge in [-0.2, -0.15) is 4.31 Å². The van der Waals surface area contributed by atoms with E-state index in [4.69, 9.17) is 9.47 Å². The van der Waals surface area contributed by atoms with Gasteiger partial charge < -0.3 is 9.47 Å². The summed E-state index contributed by atoms with van der Waals surface area (Å²) in [5, 5.41) is 2.50. The van der Waals surface area contributed by atoms with E-state index in [2.05, 4.69) is 5.32 Å². The maximum atomic E-state index is 12.8. The van der Waals surface area contributed by atoms with Crippen molar-refractivity contribution in [1.29, 1.82) is 0 Å². The van der Waals surface area contributed by atoms with Gasteiger partial charge in [0.25, 0.3) is 0 Å². The molecule has 0 aliphatic carbocycles. The molecule has 0 unspecified atom stereocenters. The monoisotopic (exact) mass is 344 g/mol. The van der Waals surface area contributed by atoms with Gasteiger partial charge >= 0.3 is 6.09 Å². The predicted molar refractivity (Wildman–Crippen MR) is 88.4 cm³/mol. The third-order valence-corrected chi connectivity index (χ3v) is 5.16. The number of rotatable bonds is 8. The van der Waals surface area contributed by atoms with Gasteiger partial charge in [-0.15, -0.1) is 0 Å². The molecule has 0 aromatic heterocycles. The molecule has 7 nitrogen and oxygen atoms in total. The lowest BCUT2D eigenvalue weighted by Gasteiger charge is -2.21. The van der Waals surface area contributed by atoms with E-state index in [1.807, 2.05) is 0 Å². The van der Waals surface area contributed by atoms with Crippen LogP contribution >= 0.6 is 0 Å². The van der Waals surface area contributed by atoms with Crippen LogP contribution in [0, 0.1) is 0 Å². The summed E-state index contributed by atoms with van der Waals surface area (Å²) in [6.07, 6.45) is -0.636. The van der Waals surface area contributed by atoms with Crippen molar-refractivity contribution in [3.8, 4) is 5.75 Å². The number of carbonyl (C=O) groups excluding carboxylic acids is 1. The van der Waals surface area contributed by atoms with E-state index in [9.17, 15) is 13.2 Å². The molecule has 23 heavy (non-hydrogen) atoms. The zero-order chi connectivity index (χ0) is 17.5. The lowest BCUT2D eigenvalue weighted by Crippen LogP contribution is -2.31. The highest BCUT2D eigenvalue weighted by atomic mass is 32.2. The number of carbonyl (C=O) groups is 1. The molecule has 1 aromatic rings. The van der Waals surface area contributed by atoms with E-state index < -0.39 is 16.1 Å². The summed E-state index contributed by atoms with van der Waals surface area (Å²) in [6, 6.07) is 4.49. The third kappa shape index (κ3) is 4.84. The van der Waals surface area contributed by atoms with Gasteiger partial charge in [0.1, 0.15) is 10.6 Å². The average Bonchev–Trinajstić information content (AvgIpc) is 2.50. The standard InChI is InChI=1S/C15H24N2O5S/c1-5-17(6-2)23(19,20)14-11-12(16-15(18)22-8-4)9-10-13(14)21-7-3/h9-11H,5-8H2,1-4H3,(H,16,18). The first-order valence-electron chi connectivity index (χ1n) is 7.61. The van der Waals surface area contributed by atoms with Crippen molar-refractivity contribution in [1.82, 2.24) is 4.31 Å². The van der Waals surface area contributed by atoms with Crippen LogP contribution in [0.3, 0.4) is 0 Å². The van der Waals surface area contributed by atoms with Crippen LogP contribution in [0.4, 0.5) is 10.5 Å². The largest absolute Gasteiger partial charge is 0.492 e. The van der Waals surface area contributed by atoms with Crippen molar-refractivity contribution in [3.05, 3.63) is 18.2 Å². The van der Waals surface area contributed by atoms with Gasteiger partial charge in [-0.05, 0) is 32.0 Å². The summed E-state index contributed by atoms with van der Waals surface area (Å²) in [4.78, 5) is 11.5. The van der Waals surface area contributed by atoms with Gasteiger partial charge in [-0.3, -0.25) is 5.32 Å². The fraction of sp³-hybridized carbons (Fsp3) is 0.533. The number of benzene rings is 1. The number of hydrogen-bond donors (Lipinski definition) is 1. The van der Waals surface area contributed by atoms with Gasteiger partial charge in [0.15, 0.2) is 0 Å². The molecular weight excluding hydrogens is 320 g/mol. The smallest absolute Gasteiger partial charge is 0.411 e. The van der Waals surface area contributed by atoms with E-state index in [0.717, 1.165) is 0 Å². The first-order chi connectivity index (χ1) is 10.9. The SMILES string of the molecule is CCOC(=O)Nc1ccc(OCC)c(S(=O)(=O)N(CC)CC)c1. The number of nitrogens with zero attached hydrogens (tertiary/aromatic N) is 1. The first kappa shape index (κ1) is 19.2. The molecule has 0 saturated heterocycles. The Morgan fingerprint density at radius 1 is 1.13 bits per heavy atom. The second kappa shape index (κ2) is 8.73. The molecule has 1 N–H and O–H groups in total. The minimum atomic E-state index is -3.71. The zero-order valence-corrected chi connectivity index (χ0v) is 14.8. The van der Waals surface area contributed by atoms with E-state index in [1.54, 1.807) is 33.8 Å². The molecule has 0 atom stereocenters. The van der Waals surface area contributed by atoms with Crippen LogP contribution in [0.25, 0.3) is 0 Å². The maximum Gasteiger partial charge on any atom is 0.411 e. The van der Waals surface area contributed by atoms with Crippen molar-refractivity contribution in [3.63, 3.8) is 0 Å². The summed E-state index contributed by atoms with van der Waals surface area (Å²) in [5.74, 6) is 0.258. The molecule has 0 heterocycles. The Balaban J connectivity index is 3.28. The number of nitrogens with one attached hydrogen (secondary N) is 1. The van der Waals surface area contributed by atoms with Crippen molar-refractivity contribution < 1.29 is 22.7 Å². The minimum absolute atomic E-state index is 0.0253. The van der Waals surface area contributed by atoms with Crippen LogP contribution in [-0.4, -0.2) is 45.1 Å². The Labute approximate surface area is 137 Å². The molecule has 0 aliphatic heterocycles. The lowest BCUT2D eigenvalue weighted by molar-refractivity contribution is 0.168. The van der Waals surface area contributed by atoms with Gasteiger partial charge in [0.2, 0.25) is 10.0 Å². The molecule has 1 amide bonds. The van der Waals surface area contributed by atoms with E-state index >= 15 is 0 Å². The molecule has 130 valence electrons. The molecule has 0 saturated carbocycles. The van der Waals surface area contributed by atoms with Gasteiger partial charge in [0.05, 0.1) is 13.2 Å². The van der Waals surface area contributed by atoms with Crippen molar-refractivity contribution >= 4 is 21.8 Å². The molecule has 1 rings (SSSR count). The van der Waals surface area contributed by atoms with E-state index in [-0.39, 0.29) is 17.3 Å². The second-order valence-electron chi connectivity index (χ2n) is 4.53. The number of hydrogen-bond acceptors (Lipinski definition) is 5. The van der Waals surface area contributed by atoms with E-state index in [0.29, 0.717) is 25.4 Å². The Kier molecular flexibility index (Phi) is 7.31. The van der Waals surface area contributed by atoms with Crippen LogP contribution in [-0.2, 0) is 14.8 Å². The Morgan fingerprint density at radius 2 is 1.78 bits per heavy atom. The van der Waals surface area contributed by atoms with Gasteiger partial charge in [-0.1, -0.05) is 13.8 Å². The summed E-state index contributed by atoms with van der Waals surface area (Å²) >= 11 is 0. The zero-order valence-electron chi connectivity index (χ0n) is 14.0. The molecular formula is C15H24N2O5S. The quantitative estimate of drug-likeness (QED) is 0.784. The fourth-order valence-electron chi connectivity index (χ4n) is 2.05. The summed E-state index contributed by atoms with van der Waals surface area (Å²) in [5.41, 5.74) is 0.331. The Morgan fingerprint density at radius 3 is 2.30 bits per heavy atom. The van der Waals surface area contributed by atoms with Crippen LogP contribution in [0.5, 0.6) is 5.75 Å². The Hall–Kier alpha value is -1.80. The third-order valence-electron chi connectivity index (χ3n) is 3.09. The summed E-state index contributed by atoms with van der Waals surface area (Å²) < 4.78 is 37.1. The highest BCUT2D eigenvalue weighted by Gasteiger charge is 2.26. The number of anilines is 1.